The highest BCUT2D eigenvalue weighted by Gasteiger charge is 2.41. The van der Waals surface area contributed by atoms with Crippen LogP contribution < -0.4 is 0 Å². The first kappa shape index (κ1) is 17.1. The molecule has 1 saturated heterocycles. The van der Waals surface area contributed by atoms with E-state index in [2.05, 4.69) is 35.0 Å². The highest BCUT2D eigenvalue weighted by atomic mass is 16.3. The Morgan fingerprint density at radius 3 is 2.88 bits per heavy atom. The highest BCUT2D eigenvalue weighted by Crippen LogP contribution is 2.46. The maximum absolute atomic E-state index is 10.5. The van der Waals surface area contributed by atoms with Crippen LogP contribution in [0.3, 0.4) is 0 Å². The van der Waals surface area contributed by atoms with Gasteiger partial charge in [0.05, 0.1) is 6.10 Å². The molecule has 0 radical (unpaired) electrons. The summed E-state index contributed by atoms with van der Waals surface area (Å²) in [7, 11) is 0. The van der Waals surface area contributed by atoms with E-state index < -0.39 is 6.10 Å². The molecular weight excluding hydrogens is 312 g/mol. The van der Waals surface area contributed by atoms with Gasteiger partial charge in [0.1, 0.15) is 0 Å². The van der Waals surface area contributed by atoms with E-state index in [-0.39, 0.29) is 6.61 Å². The largest absolute Gasteiger partial charge is 0.396 e. The maximum Gasteiger partial charge on any atom is 0.0938 e. The minimum Gasteiger partial charge on any atom is -0.396 e. The molecule has 2 aliphatic rings. The molecule has 4 rings (SSSR count). The Kier molecular flexibility index (Phi) is 4.61. The molecule has 2 unspecified atom stereocenters. The Bertz CT molecular complexity index is 754. The quantitative estimate of drug-likeness (QED) is 0.781. The number of fused-ring (bicyclic) bond motifs is 2. The number of aromatic amines is 1. The van der Waals surface area contributed by atoms with Crippen LogP contribution in [0.15, 0.2) is 18.2 Å². The summed E-state index contributed by atoms with van der Waals surface area (Å²) < 4.78 is 0. The van der Waals surface area contributed by atoms with E-state index >= 15 is 0 Å². The molecule has 0 bridgehead atoms. The van der Waals surface area contributed by atoms with Crippen LogP contribution in [0.1, 0.15) is 62.0 Å². The molecule has 4 heteroatoms. The fraction of sp³-hybridized carbons (Fsp3) is 0.619. The Morgan fingerprint density at radius 1 is 1.32 bits per heavy atom. The van der Waals surface area contributed by atoms with Gasteiger partial charge >= 0.3 is 0 Å². The first-order valence-corrected chi connectivity index (χ1v) is 9.84. The van der Waals surface area contributed by atoms with Crippen molar-refractivity contribution in [3.8, 4) is 0 Å². The van der Waals surface area contributed by atoms with Crippen LogP contribution in [-0.4, -0.2) is 45.8 Å². The molecule has 1 aromatic carbocycles. The van der Waals surface area contributed by atoms with Gasteiger partial charge in [0.25, 0.3) is 0 Å². The monoisotopic (exact) mass is 342 g/mol. The van der Waals surface area contributed by atoms with Crippen molar-refractivity contribution in [3.63, 3.8) is 0 Å². The normalized spacial score (nSPS) is 27.4. The fourth-order valence-corrected chi connectivity index (χ4v) is 5.18. The predicted octanol–water partition coefficient (Wildman–Crippen LogP) is 3.34. The van der Waals surface area contributed by atoms with Gasteiger partial charge in [-0.2, -0.15) is 0 Å². The molecule has 0 spiro atoms. The summed E-state index contributed by atoms with van der Waals surface area (Å²) in [6, 6.07) is 7.02. The Morgan fingerprint density at radius 2 is 2.16 bits per heavy atom. The second kappa shape index (κ2) is 6.75. The maximum atomic E-state index is 10.5. The second-order valence-electron chi connectivity index (χ2n) is 7.87. The molecule has 1 aliphatic heterocycles. The van der Waals surface area contributed by atoms with Crippen LogP contribution in [0.25, 0.3) is 10.9 Å². The average Bonchev–Trinajstić information content (AvgIpc) is 3.01. The lowest BCUT2D eigenvalue weighted by atomic mass is 9.71. The van der Waals surface area contributed by atoms with Gasteiger partial charge in [-0.3, -0.25) is 4.90 Å². The number of aromatic nitrogens is 1. The summed E-state index contributed by atoms with van der Waals surface area (Å²) in [4.78, 5) is 6.10. The van der Waals surface area contributed by atoms with Crippen molar-refractivity contribution in [2.75, 3.05) is 19.7 Å². The first-order chi connectivity index (χ1) is 12.2. The summed E-state index contributed by atoms with van der Waals surface area (Å²) in [5.74, 6) is 0.848. The molecule has 25 heavy (non-hydrogen) atoms. The number of H-pyrrole nitrogens is 1. The van der Waals surface area contributed by atoms with Crippen molar-refractivity contribution in [2.45, 2.75) is 57.6 Å². The SMILES string of the molecule is CCCN1C[C@H](CO)CC2c3cccc4[nH]c(C(O)CC)c(c34)C[C@H]21. The van der Waals surface area contributed by atoms with Crippen molar-refractivity contribution >= 4 is 10.9 Å². The van der Waals surface area contributed by atoms with Crippen molar-refractivity contribution in [1.82, 2.24) is 9.88 Å². The Hall–Kier alpha value is -1.36. The van der Waals surface area contributed by atoms with Gasteiger partial charge < -0.3 is 15.2 Å². The molecule has 0 saturated carbocycles. The summed E-state index contributed by atoms with van der Waals surface area (Å²) in [6.45, 7) is 6.62. The lowest BCUT2D eigenvalue weighted by Gasteiger charge is -2.47. The number of aliphatic hydroxyl groups excluding tert-OH is 2. The summed E-state index contributed by atoms with van der Waals surface area (Å²) >= 11 is 0. The predicted molar refractivity (Wildman–Crippen MR) is 101 cm³/mol. The second-order valence-corrected chi connectivity index (χ2v) is 7.87. The number of hydrogen-bond acceptors (Lipinski definition) is 3. The van der Waals surface area contributed by atoms with Gasteiger partial charge in [-0.05, 0) is 55.3 Å². The standard InChI is InChI=1S/C21H30N2O2/c1-3-8-23-11-13(12-24)9-15-14-6-5-7-17-20(14)16(10-18(15)23)21(22-17)19(25)4-2/h5-7,13,15,18-19,22,24-25H,3-4,8-12H2,1-2H3/t13-,15?,18-,19?/m1/s1. The number of piperidine rings is 1. The van der Waals surface area contributed by atoms with E-state index in [9.17, 15) is 10.2 Å². The zero-order valence-corrected chi connectivity index (χ0v) is 15.3. The van der Waals surface area contributed by atoms with Gasteiger partial charge in [-0.1, -0.05) is 26.0 Å². The third-order valence-electron chi connectivity index (χ3n) is 6.31. The number of hydrogen-bond donors (Lipinski definition) is 3. The molecule has 1 aliphatic carbocycles. The zero-order chi connectivity index (χ0) is 17.6. The van der Waals surface area contributed by atoms with E-state index in [0.29, 0.717) is 17.9 Å². The Balaban J connectivity index is 1.84. The topological polar surface area (TPSA) is 59.5 Å². The van der Waals surface area contributed by atoms with E-state index in [1.54, 1.807) is 0 Å². The van der Waals surface area contributed by atoms with Gasteiger partial charge in [-0.15, -0.1) is 0 Å². The number of likely N-dealkylation sites (tertiary alicyclic amines) is 1. The molecule has 4 atom stereocenters. The van der Waals surface area contributed by atoms with Crippen LogP contribution in [0.5, 0.6) is 0 Å². The number of nitrogens with zero attached hydrogens (tertiary/aromatic N) is 1. The van der Waals surface area contributed by atoms with Crippen molar-refractivity contribution in [1.29, 1.82) is 0 Å². The minimum atomic E-state index is -0.416. The molecule has 2 aromatic rings. The lowest BCUT2D eigenvalue weighted by Crippen LogP contribution is -2.50. The minimum absolute atomic E-state index is 0.277. The molecule has 1 aromatic heterocycles. The van der Waals surface area contributed by atoms with Crippen LogP contribution in [-0.2, 0) is 6.42 Å². The molecule has 0 amide bonds. The van der Waals surface area contributed by atoms with Crippen molar-refractivity contribution in [3.05, 3.63) is 35.0 Å². The van der Waals surface area contributed by atoms with Crippen LogP contribution in [0.2, 0.25) is 0 Å². The third-order valence-corrected chi connectivity index (χ3v) is 6.31. The average molecular weight is 342 g/mol. The number of benzene rings is 1. The van der Waals surface area contributed by atoms with Crippen molar-refractivity contribution in [2.24, 2.45) is 5.92 Å². The van der Waals surface area contributed by atoms with Gasteiger partial charge in [0.2, 0.25) is 0 Å². The fourth-order valence-electron chi connectivity index (χ4n) is 5.18. The smallest absolute Gasteiger partial charge is 0.0938 e. The van der Waals surface area contributed by atoms with Crippen molar-refractivity contribution < 1.29 is 10.2 Å². The molecule has 2 heterocycles. The summed E-state index contributed by atoms with van der Waals surface area (Å²) in [6.07, 6.45) is 3.52. The summed E-state index contributed by atoms with van der Waals surface area (Å²) in [5, 5.41) is 21.7. The molecule has 4 nitrogen and oxygen atoms in total. The lowest BCUT2D eigenvalue weighted by molar-refractivity contribution is 0.0566. The van der Waals surface area contributed by atoms with E-state index in [4.69, 9.17) is 0 Å². The first-order valence-electron chi connectivity index (χ1n) is 9.84. The van der Waals surface area contributed by atoms with Crippen LogP contribution in [0.4, 0.5) is 0 Å². The third kappa shape index (κ3) is 2.71. The number of rotatable bonds is 5. The van der Waals surface area contributed by atoms with Gasteiger partial charge in [0, 0.05) is 41.7 Å². The van der Waals surface area contributed by atoms with Crippen LogP contribution in [0, 0.1) is 5.92 Å². The Labute approximate surface area is 149 Å². The number of nitrogens with one attached hydrogen (secondary N) is 1. The van der Waals surface area contributed by atoms with Gasteiger partial charge in [-0.25, -0.2) is 0 Å². The molecule has 1 fully saturated rings. The van der Waals surface area contributed by atoms with Gasteiger partial charge in [0.15, 0.2) is 0 Å². The molecule has 136 valence electrons. The van der Waals surface area contributed by atoms with Crippen LogP contribution >= 0.6 is 0 Å². The van der Waals surface area contributed by atoms with E-state index in [0.717, 1.165) is 50.0 Å². The van der Waals surface area contributed by atoms with E-state index in [1.165, 1.54) is 16.5 Å². The highest BCUT2D eigenvalue weighted by molar-refractivity contribution is 5.90. The zero-order valence-electron chi connectivity index (χ0n) is 15.3. The van der Waals surface area contributed by atoms with E-state index in [1.807, 2.05) is 6.92 Å². The summed E-state index contributed by atoms with van der Waals surface area (Å²) in [5.41, 5.74) is 4.91. The molecular formula is C21H30N2O2. The molecule has 3 N–H and O–H groups in total. The number of aliphatic hydroxyl groups is 2.